The first-order valence-corrected chi connectivity index (χ1v) is 8.68. The van der Waals surface area contributed by atoms with E-state index in [2.05, 4.69) is 6.92 Å². The Balaban J connectivity index is 0.00000484. The van der Waals surface area contributed by atoms with Gasteiger partial charge in [0.05, 0.1) is 5.56 Å². The third-order valence-corrected chi connectivity index (χ3v) is 4.11. The number of benzene rings is 1. The first-order chi connectivity index (χ1) is 10.6. The van der Waals surface area contributed by atoms with Crippen molar-refractivity contribution in [3.05, 3.63) is 29.3 Å². The van der Waals surface area contributed by atoms with E-state index in [1.807, 2.05) is 0 Å². The van der Waals surface area contributed by atoms with Crippen molar-refractivity contribution in [3.63, 3.8) is 0 Å². The topological polar surface area (TPSA) is 60.4 Å². The molecule has 0 heterocycles. The predicted octanol–water partition coefficient (Wildman–Crippen LogP) is 1.93. The largest absolute Gasteiger partial charge is 1.00 e. The zero-order chi connectivity index (χ0) is 16.2. The fourth-order valence-corrected chi connectivity index (χ4v) is 2.79. The van der Waals surface area contributed by atoms with Crippen molar-refractivity contribution in [1.82, 2.24) is 0 Å². The second-order valence-corrected chi connectivity index (χ2v) is 6.06. The van der Waals surface area contributed by atoms with Gasteiger partial charge in [-0.15, -0.1) is 5.75 Å². The molecular weight excluding hydrogens is 299 g/mol. The van der Waals surface area contributed by atoms with Crippen LogP contribution in [-0.4, -0.2) is 11.1 Å². The number of aromatic carboxylic acids is 1. The average Bonchev–Trinajstić information content (AvgIpc) is 2.49. The number of hydrogen-bond donors (Lipinski definition) is 1. The molecule has 0 amide bonds. The third kappa shape index (κ3) is 10.1. The quantitative estimate of drug-likeness (QED) is 0.471. The van der Waals surface area contributed by atoms with Gasteiger partial charge in [-0.25, -0.2) is 4.79 Å². The van der Waals surface area contributed by atoms with Crippen LogP contribution >= 0.6 is 0 Å². The molecule has 0 radical (unpaired) electrons. The third-order valence-electron chi connectivity index (χ3n) is 4.11. The first-order valence-electron chi connectivity index (χ1n) is 8.68. The van der Waals surface area contributed by atoms with Gasteiger partial charge in [0.15, 0.2) is 0 Å². The Morgan fingerprint density at radius 2 is 1.48 bits per heavy atom. The van der Waals surface area contributed by atoms with Gasteiger partial charge in [0.2, 0.25) is 0 Å². The molecule has 0 unspecified atom stereocenters. The van der Waals surface area contributed by atoms with Crippen molar-refractivity contribution in [2.75, 3.05) is 0 Å². The Hall–Kier alpha value is -0.510. The molecule has 1 N–H and O–H groups in total. The molecule has 0 saturated carbocycles. The predicted molar refractivity (Wildman–Crippen MR) is 88.4 cm³/mol. The van der Waals surface area contributed by atoms with Gasteiger partial charge in [0, 0.05) is 0 Å². The number of carbonyl (C=O) groups is 1. The molecule has 0 aliphatic heterocycles. The summed E-state index contributed by atoms with van der Waals surface area (Å²) in [5.41, 5.74) is 0.954. The molecule has 0 aliphatic carbocycles. The van der Waals surface area contributed by atoms with Crippen LogP contribution in [0.4, 0.5) is 0 Å². The van der Waals surface area contributed by atoms with Crippen LogP contribution in [0.3, 0.4) is 0 Å². The SMILES string of the molecule is CCCCCCCCCCCCc1cc([O-])ccc1C(=O)O.[Na+]. The molecule has 124 valence electrons. The number of unbranched alkanes of at least 4 members (excludes halogenated alkanes) is 9. The van der Waals surface area contributed by atoms with Crippen molar-refractivity contribution in [1.29, 1.82) is 0 Å². The van der Waals surface area contributed by atoms with E-state index < -0.39 is 5.97 Å². The van der Waals surface area contributed by atoms with Gasteiger partial charge in [-0.05, 0) is 24.5 Å². The summed E-state index contributed by atoms with van der Waals surface area (Å²) in [5, 5.41) is 20.5. The summed E-state index contributed by atoms with van der Waals surface area (Å²) in [6, 6.07) is 4.22. The smallest absolute Gasteiger partial charge is 0.872 e. The van der Waals surface area contributed by atoms with Gasteiger partial charge in [-0.3, -0.25) is 0 Å². The molecule has 0 aliphatic rings. The van der Waals surface area contributed by atoms with Crippen LogP contribution in [0.15, 0.2) is 18.2 Å². The summed E-state index contributed by atoms with van der Waals surface area (Å²) in [4.78, 5) is 11.1. The molecule has 0 bridgehead atoms. The number of carboxylic acids is 1. The maximum absolute atomic E-state index is 11.4. The monoisotopic (exact) mass is 328 g/mol. The fraction of sp³-hybridized carbons (Fsp3) is 0.632. The number of hydrogen-bond acceptors (Lipinski definition) is 2. The van der Waals surface area contributed by atoms with Gasteiger partial charge in [-0.2, -0.15) is 0 Å². The molecule has 23 heavy (non-hydrogen) atoms. The summed E-state index contributed by atoms with van der Waals surface area (Å²) in [6.45, 7) is 2.23. The second kappa shape index (κ2) is 13.9. The van der Waals surface area contributed by atoms with E-state index in [1.165, 1.54) is 69.6 Å². The Labute approximate surface area is 162 Å². The molecule has 1 rings (SSSR count). The van der Waals surface area contributed by atoms with Crippen LogP contribution in [0.1, 0.15) is 87.1 Å². The van der Waals surface area contributed by atoms with Crippen LogP contribution in [0.2, 0.25) is 0 Å². The molecular formula is C19H29NaO3. The van der Waals surface area contributed by atoms with Gasteiger partial charge in [-0.1, -0.05) is 76.8 Å². The summed E-state index contributed by atoms with van der Waals surface area (Å²) in [5.74, 6) is -1.05. The van der Waals surface area contributed by atoms with Gasteiger partial charge in [0.25, 0.3) is 0 Å². The second-order valence-electron chi connectivity index (χ2n) is 6.06. The van der Waals surface area contributed by atoms with Crippen molar-refractivity contribution in [3.8, 4) is 5.75 Å². The van der Waals surface area contributed by atoms with Gasteiger partial charge >= 0.3 is 35.5 Å². The van der Waals surface area contributed by atoms with E-state index >= 15 is 0 Å². The van der Waals surface area contributed by atoms with Crippen LogP contribution in [-0.2, 0) is 6.42 Å². The van der Waals surface area contributed by atoms with E-state index in [1.54, 1.807) is 0 Å². The zero-order valence-corrected chi connectivity index (χ0v) is 16.8. The summed E-state index contributed by atoms with van der Waals surface area (Å²) in [7, 11) is 0. The number of rotatable bonds is 12. The Kier molecular flexibility index (Phi) is 13.6. The van der Waals surface area contributed by atoms with E-state index in [0.29, 0.717) is 12.0 Å². The Morgan fingerprint density at radius 3 is 2.00 bits per heavy atom. The van der Waals surface area contributed by atoms with E-state index in [-0.39, 0.29) is 40.9 Å². The molecule has 4 heteroatoms. The Morgan fingerprint density at radius 1 is 0.957 bits per heavy atom. The van der Waals surface area contributed by atoms with Crippen molar-refractivity contribution >= 4 is 5.97 Å². The maximum Gasteiger partial charge on any atom is 1.00 e. The average molecular weight is 328 g/mol. The molecule has 0 saturated heterocycles. The zero-order valence-electron chi connectivity index (χ0n) is 14.8. The normalized spacial score (nSPS) is 10.3. The van der Waals surface area contributed by atoms with Crippen LogP contribution in [0, 0.1) is 0 Å². The van der Waals surface area contributed by atoms with Gasteiger partial charge in [0.1, 0.15) is 0 Å². The standard InChI is InChI=1S/C19H30O3.Na/c1-2-3-4-5-6-7-8-9-10-11-12-16-15-17(20)13-14-18(16)19(21)22;/h13-15,20H,2-12H2,1H3,(H,21,22);/q;+1/p-1. The summed E-state index contributed by atoms with van der Waals surface area (Å²) < 4.78 is 0. The minimum Gasteiger partial charge on any atom is -0.872 e. The molecule has 3 nitrogen and oxygen atoms in total. The van der Waals surface area contributed by atoms with E-state index in [9.17, 15) is 9.90 Å². The number of aryl methyl sites for hydroxylation is 1. The van der Waals surface area contributed by atoms with Gasteiger partial charge < -0.3 is 10.2 Å². The molecule has 0 aromatic heterocycles. The van der Waals surface area contributed by atoms with Crippen LogP contribution in [0.5, 0.6) is 5.75 Å². The van der Waals surface area contributed by atoms with Crippen molar-refractivity contribution in [2.24, 2.45) is 0 Å². The maximum atomic E-state index is 11.4. The van der Waals surface area contributed by atoms with E-state index in [4.69, 9.17) is 5.11 Å². The Bertz CT molecular complexity index is 446. The molecule has 1 aromatic carbocycles. The molecule has 0 fully saturated rings. The minimum absolute atomic E-state index is 0. The van der Waals surface area contributed by atoms with Crippen LogP contribution < -0.4 is 34.7 Å². The molecule has 0 atom stereocenters. The van der Waals surface area contributed by atoms with Crippen LogP contribution in [0.25, 0.3) is 0 Å². The first kappa shape index (κ1) is 22.5. The van der Waals surface area contributed by atoms with E-state index in [0.717, 1.165) is 12.8 Å². The summed E-state index contributed by atoms with van der Waals surface area (Å²) >= 11 is 0. The minimum atomic E-state index is -0.943. The van der Waals surface area contributed by atoms with Crippen molar-refractivity contribution < 1.29 is 44.6 Å². The molecule has 0 spiro atoms. The number of carboxylic acid groups (broad SMARTS) is 1. The molecule has 1 aromatic rings. The summed E-state index contributed by atoms with van der Waals surface area (Å²) in [6.07, 6.45) is 13.2. The fourth-order valence-electron chi connectivity index (χ4n) is 2.79. The van der Waals surface area contributed by atoms with Crippen molar-refractivity contribution in [2.45, 2.75) is 77.6 Å².